The molecule has 0 saturated carbocycles. The Hall–Kier alpha value is -3.15. The second-order valence-electron chi connectivity index (χ2n) is 6.04. The molecule has 3 rings (SSSR count). The first-order valence-corrected chi connectivity index (χ1v) is 8.07. The van der Waals surface area contributed by atoms with E-state index in [0.29, 0.717) is 5.56 Å². The molecule has 0 saturated heterocycles. The summed E-state index contributed by atoms with van der Waals surface area (Å²) >= 11 is 0. The monoisotopic (exact) mass is 336 g/mol. The fourth-order valence-corrected chi connectivity index (χ4v) is 2.96. The lowest BCUT2D eigenvalue weighted by Crippen LogP contribution is -2.33. The second kappa shape index (κ2) is 6.76. The first-order valence-electron chi connectivity index (χ1n) is 8.07. The Morgan fingerprint density at radius 2 is 2.00 bits per heavy atom. The number of H-pyrrole nitrogens is 1. The zero-order valence-corrected chi connectivity index (χ0v) is 14.4. The lowest BCUT2D eigenvalue weighted by Gasteiger charge is -2.18. The summed E-state index contributed by atoms with van der Waals surface area (Å²) in [6.07, 6.45) is 3.55. The van der Waals surface area contributed by atoms with E-state index in [2.05, 4.69) is 15.4 Å². The number of para-hydroxylation sites is 1. The number of aromatic amines is 1. The number of carbonyl (C=O) groups is 1. The van der Waals surface area contributed by atoms with Gasteiger partial charge in [-0.25, -0.2) is 4.68 Å². The lowest BCUT2D eigenvalue weighted by atomic mass is 10.0. The van der Waals surface area contributed by atoms with Crippen LogP contribution in [-0.4, -0.2) is 20.7 Å². The summed E-state index contributed by atoms with van der Waals surface area (Å²) in [6.45, 7) is 5.44. The van der Waals surface area contributed by atoms with Crippen molar-refractivity contribution in [3.05, 3.63) is 81.5 Å². The SMILES string of the molecule is Cc1cc(C)c(C(=O)NC(C)c2ccccc2-n2cccn2)c(=O)[nH]1. The van der Waals surface area contributed by atoms with E-state index in [9.17, 15) is 9.59 Å². The van der Waals surface area contributed by atoms with Gasteiger partial charge in [0.15, 0.2) is 0 Å². The topological polar surface area (TPSA) is 79.8 Å². The molecular formula is C19H20N4O2. The van der Waals surface area contributed by atoms with Crippen LogP contribution < -0.4 is 10.9 Å². The molecule has 3 aromatic rings. The normalized spacial score (nSPS) is 12.0. The van der Waals surface area contributed by atoms with Gasteiger partial charge in [0.25, 0.3) is 11.5 Å². The van der Waals surface area contributed by atoms with E-state index in [1.165, 1.54) is 0 Å². The third-order valence-corrected chi connectivity index (χ3v) is 4.09. The average molecular weight is 336 g/mol. The predicted molar refractivity (Wildman–Crippen MR) is 96.0 cm³/mol. The van der Waals surface area contributed by atoms with Gasteiger partial charge in [0, 0.05) is 18.1 Å². The van der Waals surface area contributed by atoms with Gasteiger partial charge < -0.3 is 10.3 Å². The van der Waals surface area contributed by atoms with Gasteiger partial charge >= 0.3 is 0 Å². The zero-order valence-electron chi connectivity index (χ0n) is 14.4. The van der Waals surface area contributed by atoms with Gasteiger partial charge in [0.05, 0.1) is 11.7 Å². The van der Waals surface area contributed by atoms with E-state index >= 15 is 0 Å². The molecule has 0 spiro atoms. The van der Waals surface area contributed by atoms with Crippen molar-refractivity contribution < 1.29 is 4.79 Å². The van der Waals surface area contributed by atoms with Crippen molar-refractivity contribution in [2.75, 3.05) is 0 Å². The molecule has 1 aromatic carbocycles. The van der Waals surface area contributed by atoms with Gasteiger partial charge in [-0.15, -0.1) is 0 Å². The number of pyridine rings is 1. The smallest absolute Gasteiger partial charge is 0.261 e. The first kappa shape index (κ1) is 16.7. The number of nitrogens with zero attached hydrogens (tertiary/aromatic N) is 2. The average Bonchev–Trinajstić information content (AvgIpc) is 3.08. The number of aromatic nitrogens is 3. The highest BCUT2D eigenvalue weighted by Crippen LogP contribution is 2.21. The molecule has 6 nitrogen and oxygen atoms in total. The molecule has 25 heavy (non-hydrogen) atoms. The van der Waals surface area contributed by atoms with Crippen LogP contribution in [0.15, 0.2) is 53.6 Å². The molecule has 128 valence electrons. The van der Waals surface area contributed by atoms with Crippen molar-refractivity contribution in [2.45, 2.75) is 26.8 Å². The summed E-state index contributed by atoms with van der Waals surface area (Å²) in [5, 5.41) is 7.17. The number of hydrogen-bond donors (Lipinski definition) is 2. The van der Waals surface area contributed by atoms with Gasteiger partial charge in [-0.3, -0.25) is 9.59 Å². The van der Waals surface area contributed by atoms with Gasteiger partial charge in [-0.2, -0.15) is 5.10 Å². The van der Waals surface area contributed by atoms with E-state index in [0.717, 1.165) is 16.9 Å². The van der Waals surface area contributed by atoms with E-state index < -0.39 is 0 Å². The number of amides is 1. The fraction of sp³-hybridized carbons (Fsp3) is 0.211. The molecule has 1 amide bonds. The summed E-state index contributed by atoms with van der Waals surface area (Å²) in [5.74, 6) is -0.387. The van der Waals surface area contributed by atoms with Crippen LogP contribution in [0, 0.1) is 13.8 Å². The first-order chi connectivity index (χ1) is 12.0. The molecule has 0 fully saturated rings. The molecule has 0 aliphatic rings. The molecule has 2 heterocycles. The van der Waals surface area contributed by atoms with Crippen LogP contribution in [0.5, 0.6) is 0 Å². The minimum Gasteiger partial charge on any atom is -0.345 e. The van der Waals surface area contributed by atoms with Crippen molar-refractivity contribution in [3.8, 4) is 5.69 Å². The molecule has 0 radical (unpaired) electrons. The third kappa shape index (κ3) is 3.38. The molecule has 1 atom stereocenters. The highest BCUT2D eigenvalue weighted by atomic mass is 16.2. The maximum atomic E-state index is 12.6. The highest BCUT2D eigenvalue weighted by Gasteiger charge is 2.19. The highest BCUT2D eigenvalue weighted by molar-refractivity contribution is 5.95. The zero-order chi connectivity index (χ0) is 18.0. The van der Waals surface area contributed by atoms with Gasteiger partial charge in [-0.05, 0) is 50.1 Å². The molecule has 6 heteroatoms. The fourth-order valence-electron chi connectivity index (χ4n) is 2.96. The van der Waals surface area contributed by atoms with Gasteiger partial charge in [0.2, 0.25) is 0 Å². The van der Waals surface area contributed by atoms with Crippen LogP contribution in [0.25, 0.3) is 5.69 Å². The van der Waals surface area contributed by atoms with Crippen LogP contribution in [-0.2, 0) is 0 Å². The maximum absolute atomic E-state index is 12.6. The standard InChI is InChI=1S/C19H20N4O2/c1-12-11-13(2)21-18(24)17(12)19(25)22-14(3)15-7-4-5-8-16(15)23-10-6-9-20-23/h4-11,14H,1-3H3,(H,21,24)(H,22,25). The van der Waals surface area contributed by atoms with Crippen LogP contribution >= 0.6 is 0 Å². The van der Waals surface area contributed by atoms with E-state index in [1.807, 2.05) is 43.5 Å². The molecule has 0 aliphatic heterocycles. The third-order valence-electron chi connectivity index (χ3n) is 4.09. The van der Waals surface area contributed by atoms with Crippen LogP contribution in [0.3, 0.4) is 0 Å². The molecular weight excluding hydrogens is 316 g/mol. The number of benzene rings is 1. The van der Waals surface area contributed by atoms with E-state index in [4.69, 9.17) is 0 Å². The minimum atomic E-state index is -0.387. The van der Waals surface area contributed by atoms with Crippen molar-refractivity contribution in [2.24, 2.45) is 0 Å². The Kier molecular flexibility index (Phi) is 4.52. The van der Waals surface area contributed by atoms with E-state index in [1.54, 1.807) is 30.8 Å². The molecule has 0 bridgehead atoms. The Balaban J connectivity index is 1.90. The minimum absolute atomic E-state index is 0.147. The Morgan fingerprint density at radius 3 is 2.68 bits per heavy atom. The van der Waals surface area contributed by atoms with E-state index in [-0.39, 0.29) is 23.1 Å². The molecule has 1 unspecified atom stereocenters. The van der Waals surface area contributed by atoms with Gasteiger partial charge in [0.1, 0.15) is 5.56 Å². The number of carbonyl (C=O) groups excluding carboxylic acids is 1. The lowest BCUT2D eigenvalue weighted by molar-refractivity contribution is 0.0937. The maximum Gasteiger partial charge on any atom is 0.261 e. The predicted octanol–water partition coefficient (Wildman–Crippen LogP) is 2.67. The molecule has 0 aliphatic carbocycles. The van der Waals surface area contributed by atoms with Crippen LogP contribution in [0.4, 0.5) is 0 Å². The van der Waals surface area contributed by atoms with Crippen molar-refractivity contribution >= 4 is 5.91 Å². The Morgan fingerprint density at radius 1 is 1.24 bits per heavy atom. The van der Waals surface area contributed by atoms with Crippen LogP contribution in [0.1, 0.15) is 40.1 Å². The summed E-state index contributed by atoms with van der Waals surface area (Å²) in [5.41, 5.74) is 2.97. The molecule has 2 aromatic heterocycles. The largest absolute Gasteiger partial charge is 0.345 e. The van der Waals surface area contributed by atoms with Gasteiger partial charge in [-0.1, -0.05) is 18.2 Å². The van der Waals surface area contributed by atoms with Crippen LogP contribution in [0.2, 0.25) is 0 Å². The van der Waals surface area contributed by atoms with Crippen molar-refractivity contribution in [1.29, 1.82) is 0 Å². The second-order valence-corrected chi connectivity index (χ2v) is 6.04. The Bertz CT molecular complexity index is 958. The number of hydrogen-bond acceptors (Lipinski definition) is 3. The summed E-state index contributed by atoms with van der Waals surface area (Å²) < 4.78 is 1.75. The Labute approximate surface area is 145 Å². The number of aryl methyl sites for hydroxylation is 2. The summed E-state index contributed by atoms with van der Waals surface area (Å²) in [7, 11) is 0. The van der Waals surface area contributed by atoms with Crippen molar-refractivity contribution in [3.63, 3.8) is 0 Å². The summed E-state index contributed by atoms with van der Waals surface area (Å²) in [6, 6.07) is 11.1. The van der Waals surface area contributed by atoms with Crippen molar-refractivity contribution in [1.82, 2.24) is 20.1 Å². The quantitative estimate of drug-likeness (QED) is 0.769. The number of nitrogens with one attached hydrogen (secondary N) is 2. The molecule has 2 N–H and O–H groups in total. The number of rotatable bonds is 4. The summed E-state index contributed by atoms with van der Waals surface area (Å²) in [4.78, 5) is 27.4.